The van der Waals surface area contributed by atoms with Crippen molar-refractivity contribution in [3.8, 4) is 0 Å². The zero-order chi connectivity index (χ0) is 15.5. The van der Waals surface area contributed by atoms with Crippen molar-refractivity contribution in [3.63, 3.8) is 0 Å². The van der Waals surface area contributed by atoms with Crippen LogP contribution >= 0.6 is 0 Å². The first-order valence-corrected chi connectivity index (χ1v) is 6.75. The van der Waals surface area contributed by atoms with Crippen molar-refractivity contribution in [2.45, 2.75) is 27.2 Å². The molecule has 0 aromatic carbocycles. The van der Waals surface area contributed by atoms with Gasteiger partial charge in [-0.25, -0.2) is 4.79 Å². The molecule has 3 amide bonds. The number of ether oxygens (including phenoxy) is 1. The Morgan fingerprint density at radius 2 is 1.90 bits per heavy atom. The zero-order valence-electron chi connectivity index (χ0n) is 12.7. The SMILES string of the molecule is CCN(CCC(=O)OC)CC(=O)NC(=O)NCC(C)C. The quantitative estimate of drug-likeness (QED) is 0.629. The molecule has 0 aromatic heterocycles. The van der Waals surface area contributed by atoms with Gasteiger partial charge in [-0.2, -0.15) is 0 Å². The summed E-state index contributed by atoms with van der Waals surface area (Å²) in [6, 6.07) is -0.493. The Bertz CT molecular complexity index is 332. The van der Waals surface area contributed by atoms with Crippen LogP contribution in [-0.2, 0) is 14.3 Å². The first kappa shape index (κ1) is 18.4. The third-order valence-electron chi connectivity index (χ3n) is 2.60. The molecule has 0 radical (unpaired) electrons. The van der Waals surface area contributed by atoms with Gasteiger partial charge in [-0.05, 0) is 12.5 Å². The van der Waals surface area contributed by atoms with Crippen LogP contribution in [0.15, 0.2) is 0 Å². The van der Waals surface area contributed by atoms with Crippen molar-refractivity contribution in [1.82, 2.24) is 15.5 Å². The molecule has 0 unspecified atom stereocenters. The summed E-state index contributed by atoms with van der Waals surface area (Å²) in [6.45, 7) is 7.43. The van der Waals surface area contributed by atoms with Gasteiger partial charge in [0, 0.05) is 13.1 Å². The van der Waals surface area contributed by atoms with Gasteiger partial charge in [0.25, 0.3) is 0 Å². The molecule has 0 aliphatic rings. The standard InChI is InChI=1S/C13H25N3O4/c1-5-16(7-6-12(18)20-4)9-11(17)15-13(19)14-8-10(2)3/h10H,5-9H2,1-4H3,(H2,14,15,17,19). The molecule has 0 aromatic rings. The molecular weight excluding hydrogens is 262 g/mol. The summed E-state index contributed by atoms with van der Waals surface area (Å²) in [5, 5.41) is 4.85. The fraction of sp³-hybridized carbons (Fsp3) is 0.769. The van der Waals surface area contributed by atoms with Crippen LogP contribution in [0.2, 0.25) is 0 Å². The van der Waals surface area contributed by atoms with Gasteiger partial charge in [0.2, 0.25) is 5.91 Å². The summed E-state index contributed by atoms with van der Waals surface area (Å²) in [6.07, 6.45) is 0.219. The van der Waals surface area contributed by atoms with E-state index in [0.29, 0.717) is 25.6 Å². The summed E-state index contributed by atoms with van der Waals surface area (Å²) in [4.78, 5) is 35.9. The Morgan fingerprint density at radius 1 is 1.25 bits per heavy atom. The van der Waals surface area contributed by atoms with Crippen LogP contribution in [0.25, 0.3) is 0 Å². The second-order valence-electron chi connectivity index (χ2n) is 4.85. The predicted molar refractivity (Wildman–Crippen MR) is 75.1 cm³/mol. The van der Waals surface area contributed by atoms with Crippen molar-refractivity contribution < 1.29 is 19.1 Å². The minimum absolute atomic E-state index is 0.0720. The van der Waals surface area contributed by atoms with Crippen LogP contribution in [-0.4, -0.2) is 56.1 Å². The third kappa shape index (κ3) is 9.32. The minimum Gasteiger partial charge on any atom is -0.469 e. The van der Waals surface area contributed by atoms with Gasteiger partial charge in [0.15, 0.2) is 0 Å². The largest absolute Gasteiger partial charge is 0.469 e. The Morgan fingerprint density at radius 3 is 2.40 bits per heavy atom. The number of amides is 3. The molecule has 0 rings (SSSR count). The van der Waals surface area contributed by atoms with E-state index in [0.717, 1.165) is 0 Å². The molecular formula is C13H25N3O4. The van der Waals surface area contributed by atoms with Gasteiger partial charge in [0.1, 0.15) is 0 Å². The molecule has 2 N–H and O–H groups in total. The highest BCUT2D eigenvalue weighted by Crippen LogP contribution is 1.93. The Labute approximate surface area is 120 Å². The van der Waals surface area contributed by atoms with Gasteiger partial charge in [-0.1, -0.05) is 20.8 Å². The van der Waals surface area contributed by atoms with Crippen molar-refractivity contribution in [2.75, 3.05) is 33.3 Å². The van der Waals surface area contributed by atoms with Crippen LogP contribution in [0, 0.1) is 5.92 Å². The lowest BCUT2D eigenvalue weighted by molar-refractivity contribution is -0.141. The van der Waals surface area contributed by atoms with Crippen LogP contribution in [0.3, 0.4) is 0 Å². The molecule has 116 valence electrons. The molecule has 0 saturated carbocycles. The number of nitrogens with zero attached hydrogens (tertiary/aromatic N) is 1. The highest BCUT2D eigenvalue weighted by molar-refractivity contribution is 5.95. The maximum absolute atomic E-state index is 11.7. The lowest BCUT2D eigenvalue weighted by Crippen LogP contribution is -2.45. The van der Waals surface area contributed by atoms with E-state index < -0.39 is 11.9 Å². The molecule has 0 spiro atoms. The van der Waals surface area contributed by atoms with E-state index in [2.05, 4.69) is 15.4 Å². The van der Waals surface area contributed by atoms with E-state index in [1.165, 1.54) is 7.11 Å². The third-order valence-corrected chi connectivity index (χ3v) is 2.60. The number of hydrogen-bond donors (Lipinski definition) is 2. The average Bonchev–Trinajstić information content (AvgIpc) is 2.40. The van der Waals surface area contributed by atoms with Gasteiger partial charge in [-0.3, -0.25) is 19.8 Å². The molecule has 7 nitrogen and oxygen atoms in total. The molecule has 0 heterocycles. The second kappa shape index (κ2) is 10.2. The number of imide groups is 1. The molecule has 0 aliphatic heterocycles. The number of esters is 1. The number of nitrogens with one attached hydrogen (secondary N) is 2. The van der Waals surface area contributed by atoms with E-state index in [-0.39, 0.29) is 18.9 Å². The Balaban J connectivity index is 4.02. The molecule has 0 fully saturated rings. The van der Waals surface area contributed by atoms with Crippen LogP contribution in [0.5, 0.6) is 0 Å². The van der Waals surface area contributed by atoms with Crippen LogP contribution in [0.1, 0.15) is 27.2 Å². The normalized spacial score (nSPS) is 10.5. The lowest BCUT2D eigenvalue weighted by Gasteiger charge is -2.19. The number of likely N-dealkylation sites (N-methyl/N-ethyl adjacent to an activating group) is 1. The van der Waals surface area contributed by atoms with E-state index >= 15 is 0 Å². The highest BCUT2D eigenvalue weighted by Gasteiger charge is 2.13. The van der Waals surface area contributed by atoms with Crippen molar-refractivity contribution in [1.29, 1.82) is 0 Å². The first-order chi connectivity index (χ1) is 9.38. The van der Waals surface area contributed by atoms with E-state index in [1.807, 2.05) is 20.8 Å². The highest BCUT2D eigenvalue weighted by atomic mass is 16.5. The maximum atomic E-state index is 11.7. The van der Waals surface area contributed by atoms with Crippen LogP contribution in [0.4, 0.5) is 4.79 Å². The van der Waals surface area contributed by atoms with Gasteiger partial charge in [-0.15, -0.1) is 0 Å². The molecule has 0 atom stereocenters. The summed E-state index contributed by atoms with van der Waals surface area (Å²) >= 11 is 0. The van der Waals surface area contributed by atoms with Crippen molar-refractivity contribution >= 4 is 17.9 Å². The molecule has 0 bridgehead atoms. The number of carbonyl (C=O) groups excluding carboxylic acids is 3. The number of rotatable bonds is 8. The topological polar surface area (TPSA) is 87.7 Å². The molecule has 7 heteroatoms. The monoisotopic (exact) mass is 287 g/mol. The average molecular weight is 287 g/mol. The molecule has 0 aliphatic carbocycles. The Kier molecular flexibility index (Phi) is 9.36. The molecule has 0 saturated heterocycles. The number of methoxy groups -OCH3 is 1. The summed E-state index contributed by atoms with van der Waals surface area (Å²) in [5.41, 5.74) is 0. The summed E-state index contributed by atoms with van der Waals surface area (Å²) in [5.74, 6) is -0.389. The second-order valence-corrected chi connectivity index (χ2v) is 4.85. The number of urea groups is 1. The summed E-state index contributed by atoms with van der Waals surface area (Å²) in [7, 11) is 1.32. The van der Waals surface area contributed by atoms with Crippen LogP contribution < -0.4 is 10.6 Å². The van der Waals surface area contributed by atoms with Crippen molar-refractivity contribution in [2.24, 2.45) is 5.92 Å². The Hall–Kier alpha value is -1.63. The fourth-order valence-corrected chi connectivity index (χ4v) is 1.41. The van der Waals surface area contributed by atoms with Gasteiger partial charge in [0.05, 0.1) is 20.1 Å². The zero-order valence-corrected chi connectivity index (χ0v) is 12.7. The van der Waals surface area contributed by atoms with E-state index in [9.17, 15) is 14.4 Å². The first-order valence-electron chi connectivity index (χ1n) is 6.75. The molecule has 20 heavy (non-hydrogen) atoms. The number of carbonyl (C=O) groups is 3. The van der Waals surface area contributed by atoms with Crippen molar-refractivity contribution in [3.05, 3.63) is 0 Å². The van der Waals surface area contributed by atoms with Gasteiger partial charge >= 0.3 is 12.0 Å². The lowest BCUT2D eigenvalue weighted by atomic mass is 10.2. The fourth-order valence-electron chi connectivity index (χ4n) is 1.41. The number of hydrogen-bond acceptors (Lipinski definition) is 5. The van der Waals surface area contributed by atoms with E-state index in [4.69, 9.17) is 0 Å². The smallest absolute Gasteiger partial charge is 0.321 e. The van der Waals surface area contributed by atoms with Gasteiger partial charge < -0.3 is 10.1 Å². The maximum Gasteiger partial charge on any atom is 0.321 e. The summed E-state index contributed by atoms with van der Waals surface area (Å²) < 4.78 is 4.54. The van der Waals surface area contributed by atoms with E-state index in [1.54, 1.807) is 4.90 Å². The minimum atomic E-state index is -0.493. The predicted octanol–water partition coefficient (Wildman–Crippen LogP) is 0.353.